The zero-order valence-electron chi connectivity index (χ0n) is 12.8. The van der Waals surface area contributed by atoms with Crippen LogP contribution in [-0.2, 0) is 4.79 Å². The molecule has 0 radical (unpaired) electrons. The molecule has 4 nitrogen and oxygen atoms in total. The number of aryl methyl sites for hydroxylation is 1. The molecule has 0 aliphatic rings. The van der Waals surface area contributed by atoms with Gasteiger partial charge in [0.15, 0.2) is 11.5 Å². The lowest BCUT2D eigenvalue weighted by atomic mass is 10.1. The Labute approximate surface area is 129 Å². The molecule has 0 amide bonds. The Kier molecular flexibility index (Phi) is 5.20. The number of benzene rings is 2. The van der Waals surface area contributed by atoms with Gasteiger partial charge < -0.3 is 14.2 Å². The number of carbonyl (C=O) groups is 1. The van der Waals surface area contributed by atoms with Crippen LogP contribution in [0.2, 0.25) is 0 Å². The van der Waals surface area contributed by atoms with E-state index >= 15 is 0 Å². The highest BCUT2D eigenvalue weighted by Crippen LogP contribution is 2.31. The minimum absolute atomic E-state index is 0.450. The Morgan fingerprint density at radius 2 is 1.73 bits per heavy atom. The number of methoxy groups -OCH3 is 2. The van der Waals surface area contributed by atoms with Crippen molar-refractivity contribution in [2.75, 3.05) is 14.2 Å². The number of hydrogen-bond acceptors (Lipinski definition) is 4. The van der Waals surface area contributed by atoms with Crippen molar-refractivity contribution in [3.8, 4) is 17.2 Å². The summed E-state index contributed by atoms with van der Waals surface area (Å²) in [7, 11) is 3.12. The molecule has 0 unspecified atom stereocenters. The van der Waals surface area contributed by atoms with Crippen LogP contribution in [0, 0.1) is 6.92 Å². The van der Waals surface area contributed by atoms with Gasteiger partial charge in [0.25, 0.3) is 0 Å². The molecule has 0 atom stereocenters. The number of esters is 1. The normalized spacial score (nSPS) is 10.5. The third-order valence-corrected chi connectivity index (χ3v) is 3.07. The van der Waals surface area contributed by atoms with E-state index in [4.69, 9.17) is 14.2 Å². The molecule has 2 aromatic rings. The summed E-state index contributed by atoms with van der Waals surface area (Å²) in [6.07, 6.45) is 3.00. The molecule has 0 spiro atoms. The first-order valence-electron chi connectivity index (χ1n) is 6.81. The average Bonchev–Trinajstić information content (AvgIpc) is 2.54. The van der Waals surface area contributed by atoms with Crippen molar-refractivity contribution in [1.82, 2.24) is 0 Å². The van der Waals surface area contributed by atoms with Gasteiger partial charge in [-0.3, -0.25) is 0 Å². The smallest absolute Gasteiger partial charge is 0.336 e. The van der Waals surface area contributed by atoms with Crippen LogP contribution in [-0.4, -0.2) is 20.2 Å². The van der Waals surface area contributed by atoms with Crippen LogP contribution < -0.4 is 14.2 Å². The van der Waals surface area contributed by atoms with E-state index in [0.717, 1.165) is 11.1 Å². The van der Waals surface area contributed by atoms with Crippen LogP contribution in [0.4, 0.5) is 0 Å². The van der Waals surface area contributed by atoms with Crippen LogP contribution in [0.25, 0.3) is 6.08 Å². The van der Waals surface area contributed by atoms with E-state index in [1.54, 1.807) is 38.5 Å². The zero-order chi connectivity index (χ0) is 15.9. The summed E-state index contributed by atoms with van der Waals surface area (Å²) in [5.41, 5.74) is 1.85. The van der Waals surface area contributed by atoms with Crippen molar-refractivity contribution in [3.63, 3.8) is 0 Å². The van der Waals surface area contributed by atoms with Gasteiger partial charge in [-0.1, -0.05) is 29.8 Å². The molecule has 0 aliphatic heterocycles. The third kappa shape index (κ3) is 3.88. The molecule has 114 valence electrons. The van der Waals surface area contributed by atoms with Crippen molar-refractivity contribution < 1.29 is 19.0 Å². The van der Waals surface area contributed by atoms with Crippen molar-refractivity contribution in [2.45, 2.75) is 6.92 Å². The number of carbonyl (C=O) groups excluding carboxylic acids is 1. The molecule has 22 heavy (non-hydrogen) atoms. The molecule has 2 aromatic carbocycles. The highest BCUT2D eigenvalue weighted by molar-refractivity contribution is 5.89. The summed E-state index contributed by atoms with van der Waals surface area (Å²) in [5, 5.41) is 0. The first-order chi connectivity index (χ1) is 10.6. The van der Waals surface area contributed by atoms with Crippen molar-refractivity contribution >= 4 is 12.0 Å². The summed E-state index contributed by atoms with van der Waals surface area (Å²) in [5.74, 6) is 1.24. The summed E-state index contributed by atoms with van der Waals surface area (Å²) >= 11 is 0. The largest absolute Gasteiger partial charge is 0.493 e. The van der Waals surface area contributed by atoms with Crippen molar-refractivity contribution in [2.24, 2.45) is 0 Å². The molecular formula is C18H18O4. The number of ether oxygens (including phenoxy) is 3. The van der Waals surface area contributed by atoms with Gasteiger partial charge in [0.2, 0.25) is 0 Å². The SMILES string of the molecule is COc1cccc(/C=C/C(=O)Oc2ccc(C)cc2)c1OC. The van der Waals surface area contributed by atoms with E-state index in [9.17, 15) is 4.79 Å². The molecule has 0 heterocycles. The second-order valence-electron chi connectivity index (χ2n) is 4.65. The fourth-order valence-corrected chi connectivity index (χ4v) is 1.96. The Hall–Kier alpha value is -2.75. The maximum Gasteiger partial charge on any atom is 0.336 e. The number of hydrogen-bond donors (Lipinski definition) is 0. The van der Waals surface area contributed by atoms with Gasteiger partial charge in [-0.2, -0.15) is 0 Å². The Bertz CT molecular complexity index is 672. The van der Waals surface area contributed by atoms with Crippen LogP contribution in [0.5, 0.6) is 17.2 Å². The van der Waals surface area contributed by atoms with Crippen molar-refractivity contribution in [3.05, 3.63) is 59.7 Å². The number of rotatable bonds is 5. The quantitative estimate of drug-likeness (QED) is 0.480. The first kappa shape index (κ1) is 15.6. The summed E-state index contributed by atoms with van der Waals surface area (Å²) in [4.78, 5) is 11.8. The van der Waals surface area contributed by atoms with Gasteiger partial charge in [-0.25, -0.2) is 4.79 Å². The minimum Gasteiger partial charge on any atom is -0.493 e. The van der Waals surface area contributed by atoms with Gasteiger partial charge in [-0.15, -0.1) is 0 Å². The van der Waals surface area contributed by atoms with Crippen LogP contribution in [0.1, 0.15) is 11.1 Å². The fraction of sp³-hybridized carbons (Fsp3) is 0.167. The van der Waals surface area contributed by atoms with Crippen molar-refractivity contribution in [1.29, 1.82) is 0 Å². The standard InChI is InChI=1S/C18H18O4/c1-13-7-10-15(11-8-13)22-17(19)12-9-14-5-4-6-16(20-2)18(14)21-3/h4-12H,1-3H3/b12-9+. The lowest BCUT2D eigenvalue weighted by molar-refractivity contribution is -0.128. The van der Waals surface area contributed by atoms with E-state index in [2.05, 4.69) is 0 Å². The van der Waals surface area contributed by atoms with Gasteiger partial charge in [-0.05, 0) is 31.2 Å². The topological polar surface area (TPSA) is 44.8 Å². The molecular weight excluding hydrogens is 280 g/mol. The number of para-hydroxylation sites is 1. The highest BCUT2D eigenvalue weighted by atomic mass is 16.5. The third-order valence-electron chi connectivity index (χ3n) is 3.07. The lowest BCUT2D eigenvalue weighted by Gasteiger charge is -2.09. The van der Waals surface area contributed by atoms with Gasteiger partial charge in [0, 0.05) is 11.6 Å². The second kappa shape index (κ2) is 7.31. The minimum atomic E-state index is -0.450. The summed E-state index contributed by atoms with van der Waals surface area (Å²) < 4.78 is 15.7. The Morgan fingerprint density at radius 3 is 2.36 bits per heavy atom. The van der Waals surface area contributed by atoms with Crippen LogP contribution in [0.15, 0.2) is 48.5 Å². The fourth-order valence-electron chi connectivity index (χ4n) is 1.96. The molecule has 2 rings (SSSR count). The average molecular weight is 298 g/mol. The van der Waals surface area contributed by atoms with E-state index in [1.165, 1.54) is 6.08 Å². The highest BCUT2D eigenvalue weighted by Gasteiger charge is 2.07. The predicted molar refractivity (Wildman–Crippen MR) is 85.4 cm³/mol. The monoisotopic (exact) mass is 298 g/mol. The summed E-state index contributed by atoms with van der Waals surface area (Å²) in [6.45, 7) is 1.97. The molecule has 0 fully saturated rings. The maximum atomic E-state index is 11.8. The Balaban J connectivity index is 2.11. The molecule has 0 saturated heterocycles. The van der Waals surface area contributed by atoms with Gasteiger partial charge in [0.1, 0.15) is 5.75 Å². The second-order valence-corrected chi connectivity index (χ2v) is 4.65. The van der Waals surface area contributed by atoms with Crippen LogP contribution >= 0.6 is 0 Å². The van der Waals surface area contributed by atoms with Gasteiger partial charge in [0.05, 0.1) is 14.2 Å². The lowest BCUT2D eigenvalue weighted by Crippen LogP contribution is -2.03. The maximum absolute atomic E-state index is 11.8. The molecule has 0 bridgehead atoms. The molecule has 0 aliphatic carbocycles. The van der Waals surface area contributed by atoms with E-state index in [-0.39, 0.29) is 0 Å². The molecule has 0 saturated carbocycles. The molecule has 0 aromatic heterocycles. The van der Waals surface area contributed by atoms with E-state index < -0.39 is 5.97 Å². The molecule has 4 heteroatoms. The summed E-state index contributed by atoms with van der Waals surface area (Å²) in [6, 6.07) is 12.7. The first-order valence-corrected chi connectivity index (χ1v) is 6.81. The van der Waals surface area contributed by atoms with E-state index in [0.29, 0.717) is 17.2 Å². The van der Waals surface area contributed by atoms with E-state index in [1.807, 2.05) is 31.2 Å². The molecule has 0 N–H and O–H groups in total. The predicted octanol–water partition coefficient (Wildman–Crippen LogP) is 3.63. The Morgan fingerprint density at radius 1 is 1.00 bits per heavy atom. The van der Waals surface area contributed by atoms with Crippen LogP contribution in [0.3, 0.4) is 0 Å². The zero-order valence-corrected chi connectivity index (χ0v) is 12.8. The van der Waals surface area contributed by atoms with Gasteiger partial charge >= 0.3 is 5.97 Å².